The molecule has 0 N–H and O–H groups in total. The molecule has 1 fully saturated rings. The first-order valence-electron chi connectivity index (χ1n) is 6.22. The fourth-order valence-corrected chi connectivity index (χ4v) is 3.96. The number of benzene rings is 1. The fraction of sp³-hybridized carbons (Fsp3) is 0.462. The minimum Gasteiger partial charge on any atom is -0.484 e. The molecule has 1 amide bonds. The average molecular weight is 318 g/mol. The van der Waals surface area contributed by atoms with Crippen LogP contribution in [-0.2, 0) is 14.6 Å². The molecule has 1 aliphatic heterocycles. The van der Waals surface area contributed by atoms with Crippen LogP contribution in [0, 0.1) is 0 Å². The minimum absolute atomic E-state index is 0.0379. The highest BCUT2D eigenvalue weighted by atomic mass is 35.5. The van der Waals surface area contributed by atoms with Crippen LogP contribution in [-0.4, -0.2) is 50.4 Å². The number of carbonyl (C=O) groups is 1. The summed E-state index contributed by atoms with van der Waals surface area (Å²) in [6.45, 7) is -0.116. The van der Waals surface area contributed by atoms with Crippen molar-refractivity contribution in [1.29, 1.82) is 0 Å². The predicted molar refractivity (Wildman–Crippen MR) is 76.8 cm³/mol. The van der Waals surface area contributed by atoms with E-state index in [0.29, 0.717) is 17.2 Å². The first-order chi connectivity index (χ1) is 9.37. The van der Waals surface area contributed by atoms with Crippen molar-refractivity contribution in [3.8, 4) is 5.75 Å². The van der Waals surface area contributed by atoms with E-state index in [4.69, 9.17) is 16.3 Å². The molecule has 0 aliphatic carbocycles. The molecule has 0 saturated carbocycles. The SMILES string of the molecule is CN(C(=O)COc1ccc(Cl)cc1)C1CCS(=O)(=O)C1. The first kappa shape index (κ1) is 15.1. The largest absolute Gasteiger partial charge is 0.484 e. The van der Waals surface area contributed by atoms with Crippen LogP contribution in [0.4, 0.5) is 0 Å². The Morgan fingerprint density at radius 1 is 1.40 bits per heavy atom. The third kappa shape index (κ3) is 3.86. The zero-order chi connectivity index (χ0) is 14.8. The molecule has 0 spiro atoms. The molecule has 2 rings (SSSR count). The van der Waals surface area contributed by atoms with Gasteiger partial charge in [0.05, 0.1) is 11.5 Å². The Morgan fingerprint density at radius 3 is 2.60 bits per heavy atom. The molecule has 1 saturated heterocycles. The van der Waals surface area contributed by atoms with Gasteiger partial charge in [-0.15, -0.1) is 0 Å². The summed E-state index contributed by atoms with van der Waals surface area (Å²) in [5.74, 6) is 0.501. The normalized spacial score (nSPS) is 20.6. The van der Waals surface area contributed by atoms with Crippen LogP contribution in [0.1, 0.15) is 6.42 Å². The third-order valence-corrected chi connectivity index (χ3v) is 5.33. The number of ether oxygens (including phenoxy) is 1. The maximum atomic E-state index is 12.0. The van der Waals surface area contributed by atoms with Crippen molar-refractivity contribution in [3.05, 3.63) is 29.3 Å². The van der Waals surface area contributed by atoms with Gasteiger partial charge < -0.3 is 9.64 Å². The summed E-state index contributed by atoms with van der Waals surface area (Å²) in [4.78, 5) is 13.4. The highest BCUT2D eigenvalue weighted by Crippen LogP contribution is 2.18. The quantitative estimate of drug-likeness (QED) is 0.841. The molecule has 1 heterocycles. The second-order valence-corrected chi connectivity index (χ2v) is 7.47. The van der Waals surface area contributed by atoms with Crippen LogP contribution in [0.3, 0.4) is 0 Å². The lowest BCUT2D eigenvalue weighted by Crippen LogP contribution is -2.40. The number of halogens is 1. The van der Waals surface area contributed by atoms with Crippen LogP contribution in [0.2, 0.25) is 5.02 Å². The molecular formula is C13H16ClNO4S. The van der Waals surface area contributed by atoms with Gasteiger partial charge in [0.25, 0.3) is 5.91 Å². The number of rotatable bonds is 4. The van der Waals surface area contributed by atoms with Crippen molar-refractivity contribution in [2.75, 3.05) is 25.2 Å². The van der Waals surface area contributed by atoms with Crippen molar-refractivity contribution in [2.45, 2.75) is 12.5 Å². The van der Waals surface area contributed by atoms with E-state index in [9.17, 15) is 13.2 Å². The van der Waals surface area contributed by atoms with E-state index >= 15 is 0 Å². The number of hydrogen-bond donors (Lipinski definition) is 0. The smallest absolute Gasteiger partial charge is 0.260 e. The number of hydrogen-bond acceptors (Lipinski definition) is 4. The van der Waals surface area contributed by atoms with Gasteiger partial charge in [-0.3, -0.25) is 4.79 Å². The fourth-order valence-electron chi connectivity index (χ4n) is 2.06. The summed E-state index contributed by atoms with van der Waals surface area (Å²) in [6.07, 6.45) is 0.492. The van der Waals surface area contributed by atoms with Gasteiger partial charge in [0, 0.05) is 18.1 Å². The molecule has 1 aromatic rings. The summed E-state index contributed by atoms with van der Waals surface area (Å²) in [5.41, 5.74) is 0. The molecule has 0 bridgehead atoms. The molecule has 1 aliphatic rings. The van der Waals surface area contributed by atoms with Gasteiger partial charge in [-0.2, -0.15) is 0 Å². The van der Waals surface area contributed by atoms with E-state index in [1.54, 1.807) is 31.3 Å². The van der Waals surface area contributed by atoms with Crippen LogP contribution in [0.15, 0.2) is 24.3 Å². The van der Waals surface area contributed by atoms with Gasteiger partial charge in [0.1, 0.15) is 5.75 Å². The third-order valence-electron chi connectivity index (χ3n) is 3.33. The average Bonchev–Trinajstić information content (AvgIpc) is 2.77. The lowest BCUT2D eigenvalue weighted by atomic mass is 10.2. The number of amides is 1. The molecule has 1 atom stereocenters. The Morgan fingerprint density at radius 2 is 2.05 bits per heavy atom. The van der Waals surface area contributed by atoms with Gasteiger partial charge in [-0.25, -0.2) is 8.42 Å². The Balaban J connectivity index is 1.87. The Labute approximate surface area is 123 Å². The monoisotopic (exact) mass is 317 g/mol. The predicted octanol–water partition coefficient (Wildman–Crippen LogP) is 1.36. The van der Waals surface area contributed by atoms with Crippen molar-refractivity contribution in [2.24, 2.45) is 0 Å². The highest BCUT2D eigenvalue weighted by Gasteiger charge is 2.32. The molecule has 20 heavy (non-hydrogen) atoms. The standard InChI is InChI=1S/C13H16ClNO4S/c1-15(11-6-7-20(17,18)9-11)13(16)8-19-12-4-2-10(14)3-5-12/h2-5,11H,6-9H2,1H3. The van der Waals surface area contributed by atoms with Gasteiger partial charge in [0.15, 0.2) is 16.4 Å². The van der Waals surface area contributed by atoms with Crippen molar-refractivity contribution < 1.29 is 17.9 Å². The number of sulfone groups is 1. The first-order valence-corrected chi connectivity index (χ1v) is 8.42. The molecule has 1 unspecified atom stereocenters. The number of nitrogens with zero attached hydrogens (tertiary/aromatic N) is 1. The number of carbonyl (C=O) groups excluding carboxylic acids is 1. The molecule has 1 aromatic carbocycles. The summed E-state index contributed by atoms with van der Waals surface area (Å²) < 4.78 is 28.2. The molecular weight excluding hydrogens is 302 g/mol. The molecule has 110 valence electrons. The topological polar surface area (TPSA) is 63.7 Å². The molecule has 0 aromatic heterocycles. The second kappa shape index (κ2) is 6.01. The molecule has 5 nitrogen and oxygen atoms in total. The molecule has 7 heteroatoms. The van der Waals surface area contributed by atoms with E-state index in [0.717, 1.165) is 0 Å². The van der Waals surface area contributed by atoms with Gasteiger partial charge in [0.2, 0.25) is 0 Å². The zero-order valence-electron chi connectivity index (χ0n) is 11.1. The Bertz CT molecular complexity index is 585. The van der Waals surface area contributed by atoms with Crippen molar-refractivity contribution >= 4 is 27.3 Å². The van der Waals surface area contributed by atoms with E-state index in [2.05, 4.69) is 0 Å². The zero-order valence-corrected chi connectivity index (χ0v) is 12.7. The number of likely N-dealkylation sites (N-methyl/N-ethyl adjacent to an activating group) is 1. The molecule has 0 radical (unpaired) electrons. The lowest BCUT2D eigenvalue weighted by Gasteiger charge is -2.23. The van der Waals surface area contributed by atoms with Crippen LogP contribution < -0.4 is 4.74 Å². The van der Waals surface area contributed by atoms with E-state index < -0.39 is 9.84 Å². The minimum atomic E-state index is -3.00. The summed E-state index contributed by atoms with van der Waals surface area (Å²) in [7, 11) is -1.39. The lowest BCUT2D eigenvalue weighted by molar-refractivity contribution is -0.133. The van der Waals surface area contributed by atoms with Crippen molar-refractivity contribution in [3.63, 3.8) is 0 Å². The maximum Gasteiger partial charge on any atom is 0.260 e. The van der Waals surface area contributed by atoms with Crippen LogP contribution in [0.5, 0.6) is 5.75 Å². The van der Waals surface area contributed by atoms with Crippen LogP contribution >= 0.6 is 11.6 Å². The highest BCUT2D eigenvalue weighted by molar-refractivity contribution is 7.91. The van der Waals surface area contributed by atoms with E-state index in [-0.39, 0.29) is 30.1 Å². The summed E-state index contributed by atoms with van der Waals surface area (Å²) >= 11 is 5.75. The van der Waals surface area contributed by atoms with E-state index in [1.165, 1.54) is 4.90 Å². The summed E-state index contributed by atoms with van der Waals surface area (Å²) in [6, 6.07) is 6.45. The van der Waals surface area contributed by atoms with Crippen molar-refractivity contribution in [1.82, 2.24) is 4.90 Å². The van der Waals surface area contributed by atoms with Gasteiger partial charge in [-0.1, -0.05) is 11.6 Å². The van der Waals surface area contributed by atoms with Crippen LogP contribution in [0.25, 0.3) is 0 Å². The summed E-state index contributed by atoms with van der Waals surface area (Å²) in [5, 5.41) is 0.594. The van der Waals surface area contributed by atoms with Gasteiger partial charge >= 0.3 is 0 Å². The second-order valence-electron chi connectivity index (χ2n) is 4.80. The Hall–Kier alpha value is -1.27. The van der Waals surface area contributed by atoms with Gasteiger partial charge in [-0.05, 0) is 30.7 Å². The Kier molecular flexibility index (Phi) is 4.55. The maximum absolute atomic E-state index is 12.0. The van der Waals surface area contributed by atoms with E-state index in [1.807, 2.05) is 0 Å².